The number of amides is 1. The average molecular weight is 563 g/mol. The molecule has 1 amide bonds. The molecular weight excluding hydrogens is 524 g/mol. The fourth-order valence-electron chi connectivity index (χ4n) is 5.85. The minimum atomic E-state index is -0.243. The lowest BCUT2D eigenvalue weighted by Crippen LogP contribution is -2.31. The largest absolute Gasteiger partial charge is 0.494 e. The second kappa shape index (κ2) is 12.7. The van der Waals surface area contributed by atoms with Crippen LogP contribution in [-0.2, 0) is 17.8 Å². The van der Waals surface area contributed by atoms with Crippen LogP contribution >= 0.6 is 0 Å². The molecule has 0 unspecified atom stereocenters. The predicted octanol–water partition coefficient (Wildman–Crippen LogP) is 5.65. The number of benzene rings is 2. The van der Waals surface area contributed by atoms with Gasteiger partial charge in [0.2, 0.25) is 0 Å². The van der Waals surface area contributed by atoms with Crippen LogP contribution in [0.5, 0.6) is 5.75 Å². The minimum absolute atomic E-state index is 0.0622. The van der Waals surface area contributed by atoms with Gasteiger partial charge in [-0.05, 0) is 86.2 Å². The average Bonchev–Trinajstić information content (AvgIpc) is 3.65. The maximum absolute atomic E-state index is 13.0. The Morgan fingerprint density at radius 3 is 2.71 bits per heavy atom. The van der Waals surface area contributed by atoms with Crippen LogP contribution < -0.4 is 10.1 Å². The molecule has 7 nitrogen and oxygen atoms in total. The van der Waals surface area contributed by atoms with Crippen molar-refractivity contribution in [3.63, 3.8) is 0 Å². The quantitative estimate of drug-likeness (QED) is 0.324. The van der Waals surface area contributed by atoms with Gasteiger partial charge in [-0.1, -0.05) is 54.5 Å². The van der Waals surface area contributed by atoms with Crippen LogP contribution in [0.2, 0.25) is 0 Å². The number of carbonyl (C=O) groups excluding carboxylic acids is 2. The number of aryl methyl sites for hydroxylation is 1. The molecule has 0 saturated carbocycles. The van der Waals surface area contributed by atoms with Crippen molar-refractivity contribution >= 4 is 17.8 Å². The molecule has 1 N–H and O–H groups in total. The number of likely N-dealkylation sites (tertiary alicyclic amines) is 1. The van der Waals surface area contributed by atoms with Crippen LogP contribution in [0.15, 0.2) is 83.9 Å². The first-order chi connectivity index (χ1) is 20.5. The van der Waals surface area contributed by atoms with Crippen LogP contribution in [-0.4, -0.2) is 52.6 Å². The smallest absolute Gasteiger partial charge is 0.258 e. The number of hydrogen-bond acceptors (Lipinski definition) is 5. The molecule has 1 saturated heterocycles. The molecule has 2 heterocycles. The number of nitrogens with one attached hydrogen (secondary N) is 1. The summed E-state index contributed by atoms with van der Waals surface area (Å²) >= 11 is 0. The van der Waals surface area contributed by atoms with E-state index in [4.69, 9.17) is 4.74 Å². The van der Waals surface area contributed by atoms with Crippen LogP contribution in [0.25, 0.3) is 6.08 Å². The molecular formula is C35H38N4O3. The second-order valence-corrected chi connectivity index (χ2v) is 11.5. The summed E-state index contributed by atoms with van der Waals surface area (Å²) in [6.45, 7) is 6.86. The number of piperidine rings is 1. The van der Waals surface area contributed by atoms with Gasteiger partial charge in [0.05, 0.1) is 24.9 Å². The summed E-state index contributed by atoms with van der Waals surface area (Å²) in [6, 6.07) is 14.5. The third-order valence-corrected chi connectivity index (χ3v) is 8.24. The lowest BCUT2D eigenvalue weighted by Gasteiger charge is -2.26. The first-order valence-corrected chi connectivity index (χ1v) is 15.0. The van der Waals surface area contributed by atoms with E-state index in [2.05, 4.69) is 64.7 Å². The zero-order valence-electron chi connectivity index (χ0n) is 24.3. The van der Waals surface area contributed by atoms with Crippen LogP contribution in [0, 0.1) is 6.92 Å². The lowest BCUT2D eigenvalue weighted by atomic mass is 9.93. The van der Waals surface area contributed by atoms with Gasteiger partial charge in [0.15, 0.2) is 5.78 Å². The zero-order valence-corrected chi connectivity index (χ0v) is 24.3. The van der Waals surface area contributed by atoms with E-state index in [1.54, 1.807) is 29.2 Å². The summed E-state index contributed by atoms with van der Waals surface area (Å²) in [7, 11) is 0. The summed E-state index contributed by atoms with van der Waals surface area (Å²) in [6.07, 6.45) is 14.9. The van der Waals surface area contributed by atoms with Crippen molar-refractivity contribution in [1.82, 2.24) is 20.0 Å². The maximum Gasteiger partial charge on any atom is 0.258 e. The zero-order chi connectivity index (χ0) is 28.9. The highest BCUT2D eigenvalue weighted by Gasteiger charge is 2.24. The van der Waals surface area contributed by atoms with E-state index in [9.17, 15) is 9.59 Å². The van der Waals surface area contributed by atoms with Crippen LogP contribution in [0.4, 0.5) is 0 Å². The van der Waals surface area contributed by atoms with Gasteiger partial charge in [-0.3, -0.25) is 14.3 Å². The Bertz CT molecular complexity index is 1550. The Labute approximate surface area is 247 Å². The fraction of sp³-hybridized carbons (Fsp3) is 0.343. The van der Waals surface area contributed by atoms with Gasteiger partial charge in [-0.15, -0.1) is 0 Å². The Morgan fingerprint density at radius 1 is 1.05 bits per heavy atom. The normalized spacial score (nSPS) is 16.9. The summed E-state index contributed by atoms with van der Waals surface area (Å²) in [5.41, 5.74) is 7.34. The highest BCUT2D eigenvalue weighted by Crippen LogP contribution is 2.34. The Kier molecular flexibility index (Phi) is 8.47. The van der Waals surface area contributed by atoms with Crippen molar-refractivity contribution in [3.8, 4) is 5.75 Å². The molecule has 2 aromatic carbocycles. The van der Waals surface area contributed by atoms with Crippen LogP contribution in [0.3, 0.4) is 0 Å². The highest BCUT2D eigenvalue weighted by atomic mass is 16.5. The molecule has 0 radical (unpaired) electrons. The highest BCUT2D eigenvalue weighted by molar-refractivity contribution is 6.04. The van der Waals surface area contributed by atoms with Crippen molar-refractivity contribution in [1.29, 1.82) is 0 Å². The Hall–Kier alpha value is -4.23. The van der Waals surface area contributed by atoms with Crippen molar-refractivity contribution in [2.24, 2.45) is 0 Å². The molecule has 42 heavy (non-hydrogen) atoms. The minimum Gasteiger partial charge on any atom is -0.494 e. The van der Waals surface area contributed by atoms with E-state index in [0.717, 1.165) is 35.4 Å². The molecule has 2 aliphatic carbocycles. The molecule has 0 bridgehead atoms. The molecule has 0 spiro atoms. The van der Waals surface area contributed by atoms with Crippen molar-refractivity contribution < 1.29 is 14.3 Å². The maximum atomic E-state index is 13.0. The predicted molar refractivity (Wildman–Crippen MR) is 164 cm³/mol. The SMILES string of the molecule is Cc1ccc(Cn2cc(C(=O)NC3=CCC(=O)C(C4=Cc5cc(OCCCN6CCCCC6)ccc5C4)=C3)cn2)cc1. The number of Topliss-reactive ketones (excluding diaryl/α,β-unsaturated/α-hetero) is 1. The molecule has 0 atom stereocenters. The number of allylic oxidation sites excluding steroid dienone is 4. The molecule has 3 aromatic rings. The van der Waals surface area contributed by atoms with Crippen molar-refractivity contribution in [2.45, 2.75) is 52.0 Å². The number of ether oxygens (including phenoxy) is 1. The summed E-state index contributed by atoms with van der Waals surface area (Å²) in [5.74, 6) is 0.684. The summed E-state index contributed by atoms with van der Waals surface area (Å²) in [5, 5.41) is 7.32. The number of aromatic nitrogens is 2. The topological polar surface area (TPSA) is 76.5 Å². The van der Waals surface area contributed by atoms with Gasteiger partial charge < -0.3 is 15.0 Å². The van der Waals surface area contributed by atoms with Gasteiger partial charge in [-0.25, -0.2) is 0 Å². The number of rotatable bonds is 10. The van der Waals surface area contributed by atoms with Crippen molar-refractivity contribution in [2.75, 3.05) is 26.2 Å². The van der Waals surface area contributed by atoms with E-state index in [0.29, 0.717) is 36.4 Å². The number of ketones is 1. The van der Waals surface area contributed by atoms with Gasteiger partial charge in [0, 0.05) is 30.4 Å². The van der Waals surface area contributed by atoms with E-state index in [1.165, 1.54) is 43.5 Å². The second-order valence-electron chi connectivity index (χ2n) is 11.5. The van der Waals surface area contributed by atoms with E-state index in [-0.39, 0.29) is 18.1 Å². The van der Waals surface area contributed by atoms with Crippen molar-refractivity contribution in [3.05, 3.63) is 112 Å². The Morgan fingerprint density at radius 2 is 1.88 bits per heavy atom. The number of fused-ring (bicyclic) bond motifs is 1. The molecule has 3 aliphatic rings. The number of hydrogen-bond donors (Lipinski definition) is 1. The number of nitrogens with zero attached hydrogens (tertiary/aromatic N) is 3. The third-order valence-electron chi connectivity index (χ3n) is 8.24. The third kappa shape index (κ3) is 6.80. The van der Waals surface area contributed by atoms with E-state index in [1.807, 2.05) is 6.07 Å². The standard InChI is InChI=1S/C35H38N4O3/c1-25-6-8-26(9-7-25)23-39-24-30(22-36-39)35(41)37-31-11-13-34(40)33(21-31)29-18-27-10-12-32(20-28(27)19-29)42-17-5-16-38-14-3-2-4-15-38/h6-12,19-22,24H,2-5,13-18,23H2,1H3,(H,37,41). The molecule has 6 rings (SSSR count). The summed E-state index contributed by atoms with van der Waals surface area (Å²) < 4.78 is 7.82. The van der Waals surface area contributed by atoms with Crippen LogP contribution in [0.1, 0.15) is 64.7 Å². The van der Waals surface area contributed by atoms with Gasteiger partial charge in [0.1, 0.15) is 5.75 Å². The lowest BCUT2D eigenvalue weighted by molar-refractivity contribution is -0.114. The molecule has 1 aromatic heterocycles. The van der Waals surface area contributed by atoms with Gasteiger partial charge >= 0.3 is 0 Å². The van der Waals surface area contributed by atoms with E-state index < -0.39 is 0 Å². The first kappa shape index (κ1) is 27.9. The summed E-state index contributed by atoms with van der Waals surface area (Å²) in [4.78, 5) is 28.4. The molecule has 216 valence electrons. The van der Waals surface area contributed by atoms with Gasteiger partial charge in [-0.2, -0.15) is 5.10 Å². The first-order valence-electron chi connectivity index (χ1n) is 15.0. The number of carbonyl (C=O) groups is 2. The van der Waals surface area contributed by atoms with E-state index >= 15 is 0 Å². The monoisotopic (exact) mass is 562 g/mol. The Balaban J connectivity index is 1.06. The van der Waals surface area contributed by atoms with Gasteiger partial charge in [0.25, 0.3) is 5.91 Å². The fourth-order valence-corrected chi connectivity index (χ4v) is 5.85. The molecule has 1 aliphatic heterocycles. The molecule has 1 fully saturated rings. The molecule has 7 heteroatoms.